The molecule has 0 saturated heterocycles. The molecule has 0 aromatic heterocycles. The van der Waals surface area contributed by atoms with Gasteiger partial charge in [0.2, 0.25) is 5.78 Å². The van der Waals surface area contributed by atoms with Crippen LogP contribution >= 0.6 is 39.1 Å². The van der Waals surface area contributed by atoms with Gasteiger partial charge < -0.3 is 4.74 Å². The highest BCUT2D eigenvalue weighted by atomic mass is 79.9. The summed E-state index contributed by atoms with van der Waals surface area (Å²) < 4.78 is 6.51. The van der Waals surface area contributed by atoms with E-state index in [1.54, 1.807) is 37.3 Å². The zero-order chi connectivity index (χ0) is 14.7. The average Bonchev–Trinajstić information content (AvgIpc) is 2.44. The van der Waals surface area contributed by atoms with Crippen molar-refractivity contribution in [2.45, 2.75) is 13.0 Å². The zero-order valence-corrected chi connectivity index (χ0v) is 13.7. The first kappa shape index (κ1) is 15.4. The van der Waals surface area contributed by atoms with Gasteiger partial charge in [-0.05, 0) is 31.2 Å². The fourth-order valence-corrected chi connectivity index (χ4v) is 2.27. The van der Waals surface area contributed by atoms with E-state index in [0.717, 1.165) is 4.47 Å². The molecule has 0 radical (unpaired) electrons. The van der Waals surface area contributed by atoms with Crippen LogP contribution < -0.4 is 4.74 Å². The molecule has 1 atom stereocenters. The minimum Gasteiger partial charge on any atom is -0.481 e. The normalized spacial score (nSPS) is 12.0. The molecule has 20 heavy (non-hydrogen) atoms. The summed E-state index contributed by atoms with van der Waals surface area (Å²) in [4.78, 5) is 12.2. The molecule has 0 aliphatic carbocycles. The van der Waals surface area contributed by atoms with Crippen LogP contribution in [0.2, 0.25) is 10.0 Å². The van der Waals surface area contributed by atoms with E-state index in [4.69, 9.17) is 27.9 Å². The topological polar surface area (TPSA) is 26.3 Å². The molecule has 0 heterocycles. The molecule has 0 N–H and O–H groups in total. The van der Waals surface area contributed by atoms with Crippen molar-refractivity contribution < 1.29 is 9.53 Å². The van der Waals surface area contributed by atoms with Gasteiger partial charge in [0.1, 0.15) is 10.8 Å². The molecule has 2 aromatic rings. The van der Waals surface area contributed by atoms with Crippen molar-refractivity contribution in [3.8, 4) is 5.75 Å². The molecule has 1 unspecified atom stereocenters. The first-order valence-electron chi connectivity index (χ1n) is 5.89. The van der Waals surface area contributed by atoms with Crippen LogP contribution in [0, 0.1) is 0 Å². The largest absolute Gasteiger partial charge is 0.481 e. The highest BCUT2D eigenvalue weighted by Crippen LogP contribution is 2.32. The average molecular weight is 374 g/mol. The number of Topliss-reactive ketones (excluding diaryl/α,β-unsaturated/α-hetero) is 1. The first-order chi connectivity index (χ1) is 9.49. The minimum absolute atomic E-state index is 0.117. The number of ketones is 1. The van der Waals surface area contributed by atoms with E-state index in [1.807, 2.05) is 12.1 Å². The van der Waals surface area contributed by atoms with Gasteiger partial charge in [0.15, 0.2) is 6.10 Å². The third-order valence-electron chi connectivity index (χ3n) is 2.72. The summed E-state index contributed by atoms with van der Waals surface area (Å²) in [5.74, 6) is 0.283. The second-order valence-electron chi connectivity index (χ2n) is 4.18. The van der Waals surface area contributed by atoms with Crippen LogP contribution in [0.15, 0.2) is 46.9 Å². The summed E-state index contributed by atoms with van der Waals surface area (Å²) in [7, 11) is 0. The second-order valence-corrected chi connectivity index (χ2v) is 5.88. The maximum absolute atomic E-state index is 12.2. The fourth-order valence-electron chi connectivity index (χ4n) is 1.67. The van der Waals surface area contributed by atoms with Crippen LogP contribution in [0.4, 0.5) is 0 Å². The molecule has 0 aliphatic rings. The van der Waals surface area contributed by atoms with E-state index in [9.17, 15) is 4.79 Å². The molecular formula is C15H11BrCl2O2. The van der Waals surface area contributed by atoms with Gasteiger partial charge in [-0.15, -0.1) is 0 Å². The van der Waals surface area contributed by atoms with Gasteiger partial charge in [-0.1, -0.05) is 57.3 Å². The highest BCUT2D eigenvalue weighted by molar-refractivity contribution is 9.10. The van der Waals surface area contributed by atoms with E-state index in [-0.39, 0.29) is 5.78 Å². The third-order valence-corrected chi connectivity index (χ3v) is 4.05. The number of benzene rings is 2. The van der Waals surface area contributed by atoms with Crippen molar-refractivity contribution in [3.63, 3.8) is 0 Å². The third kappa shape index (κ3) is 3.54. The van der Waals surface area contributed by atoms with Gasteiger partial charge >= 0.3 is 0 Å². The van der Waals surface area contributed by atoms with Crippen LogP contribution in [0.1, 0.15) is 17.3 Å². The van der Waals surface area contributed by atoms with Crippen molar-refractivity contribution in [1.82, 2.24) is 0 Å². The zero-order valence-electron chi connectivity index (χ0n) is 10.6. The first-order valence-corrected chi connectivity index (χ1v) is 7.44. The quantitative estimate of drug-likeness (QED) is 0.670. The maximum atomic E-state index is 12.2. The van der Waals surface area contributed by atoms with Gasteiger partial charge in [-0.25, -0.2) is 0 Å². The van der Waals surface area contributed by atoms with Crippen molar-refractivity contribution in [1.29, 1.82) is 0 Å². The Labute approximate surface area is 135 Å². The molecule has 104 valence electrons. The molecule has 5 heteroatoms. The highest BCUT2D eigenvalue weighted by Gasteiger charge is 2.18. The molecular weight excluding hydrogens is 363 g/mol. The lowest BCUT2D eigenvalue weighted by Crippen LogP contribution is -2.24. The van der Waals surface area contributed by atoms with E-state index >= 15 is 0 Å². The molecule has 2 aromatic carbocycles. The lowest BCUT2D eigenvalue weighted by molar-refractivity contribution is 0.0818. The number of halogens is 3. The lowest BCUT2D eigenvalue weighted by atomic mass is 10.1. The van der Waals surface area contributed by atoms with Crippen LogP contribution in [0.3, 0.4) is 0 Å². The Bertz CT molecular complexity index is 626. The number of ether oxygens (including phenoxy) is 1. The summed E-state index contributed by atoms with van der Waals surface area (Å²) in [5.41, 5.74) is 0.582. The molecule has 0 bridgehead atoms. The molecule has 2 rings (SSSR count). The van der Waals surface area contributed by atoms with Gasteiger partial charge in [-0.2, -0.15) is 0 Å². The van der Waals surface area contributed by atoms with E-state index in [1.165, 1.54) is 0 Å². The Balaban J connectivity index is 2.15. The van der Waals surface area contributed by atoms with Crippen LogP contribution in [0.25, 0.3) is 0 Å². The predicted molar refractivity (Wildman–Crippen MR) is 85.0 cm³/mol. The number of hydrogen-bond acceptors (Lipinski definition) is 2. The van der Waals surface area contributed by atoms with Crippen LogP contribution in [-0.2, 0) is 0 Å². The van der Waals surface area contributed by atoms with Crippen molar-refractivity contribution in [2.75, 3.05) is 0 Å². The Morgan fingerprint density at radius 3 is 2.45 bits per heavy atom. The summed E-state index contributed by atoms with van der Waals surface area (Å²) in [5, 5.41) is 0.706. The van der Waals surface area contributed by atoms with Gasteiger partial charge in [0.25, 0.3) is 0 Å². The Morgan fingerprint density at radius 1 is 1.15 bits per heavy atom. The molecule has 0 amide bonds. The fraction of sp³-hybridized carbons (Fsp3) is 0.133. The van der Waals surface area contributed by atoms with Crippen LogP contribution in [0.5, 0.6) is 5.75 Å². The standard InChI is InChI=1S/C15H11BrCl2O2/c1-9(15(19)10-5-7-11(16)8-6-10)20-13-4-2-3-12(17)14(13)18/h2-9H,1H3. The van der Waals surface area contributed by atoms with Gasteiger partial charge in [-0.3, -0.25) is 4.79 Å². The van der Waals surface area contributed by atoms with E-state index in [0.29, 0.717) is 21.4 Å². The Kier molecular flexibility index (Phi) is 5.08. The predicted octanol–water partition coefficient (Wildman–Crippen LogP) is 5.41. The summed E-state index contributed by atoms with van der Waals surface area (Å²) >= 11 is 15.3. The number of rotatable bonds is 4. The van der Waals surface area contributed by atoms with Gasteiger partial charge in [0, 0.05) is 10.0 Å². The SMILES string of the molecule is CC(Oc1cccc(Cl)c1Cl)C(=O)c1ccc(Br)cc1. The number of hydrogen-bond donors (Lipinski definition) is 0. The second kappa shape index (κ2) is 6.61. The molecule has 0 aliphatic heterocycles. The molecule has 0 fully saturated rings. The molecule has 0 spiro atoms. The van der Waals surface area contributed by atoms with E-state index in [2.05, 4.69) is 15.9 Å². The summed E-state index contributed by atoms with van der Waals surface area (Å²) in [6.07, 6.45) is -0.646. The van der Waals surface area contributed by atoms with Crippen molar-refractivity contribution in [2.24, 2.45) is 0 Å². The van der Waals surface area contributed by atoms with E-state index < -0.39 is 6.10 Å². The Hall–Kier alpha value is -1.03. The molecule has 0 saturated carbocycles. The van der Waals surface area contributed by atoms with Crippen molar-refractivity contribution >= 4 is 44.9 Å². The smallest absolute Gasteiger partial charge is 0.202 e. The monoisotopic (exact) mass is 372 g/mol. The summed E-state index contributed by atoms with van der Waals surface area (Å²) in [6, 6.07) is 12.2. The minimum atomic E-state index is -0.646. The Morgan fingerprint density at radius 2 is 1.80 bits per heavy atom. The maximum Gasteiger partial charge on any atom is 0.202 e. The van der Waals surface area contributed by atoms with Crippen molar-refractivity contribution in [3.05, 3.63) is 62.5 Å². The number of carbonyl (C=O) groups is 1. The lowest BCUT2D eigenvalue weighted by Gasteiger charge is -2.15. The molecule has 2 nitrogen and oxygen atoms in total. The summed E-state index contributed by atoms with van der Waals surface area (Å²) in [6.45, 7) is 1.68. The van der Waals surface area contributed by atoms with Crippen LogP contribution in [-0.4, -0.2) is 11.9 Å². The number of carbonyl (C=O) groups excluding carboxylic acids is 1. The van der Waals surface area contributed by atoms with Gasteiger partial charge in [0.05, 0.1) is 5.02 Å².